The van der Waals surface area contributed by atoms with Crippen LogP contribution in [0.15, 0.2) is 47.0 Å². The van der Waals surface area contributed by atoms with Gasteiger partial charge in [-0.25, -0.2) is 13.6 Å². The Morgan fingerprint density at radius 3 is 2.63 bits per heavy atom. The van der Waals surface area contributed by atoms with Gasteiger partial charge in [-0.05, 0) is 24.3 Å². The second-order valence-corrected chi connectivity index (χ2v) is 7.22. The number of amides is 2. The Morgan fingerprint density at radius 2 is 1.90 bits per heavy atom. The van der Waals surface area contributed by atoms with Crippen LogP contribution in [-0.2, 0) is 6.54 Å². The summed E-state index contributed by atoms with van der Waals surface area (Å²) in [4.78, 5) is 20.4. The van der Waals surface area contributed by atoms with Crippen LogP contribution in [0.25, 0.3) is 11.5 Å². The van der Waals surface area contributed by atoms with Gasteiger partial charge in [-0.1, -0.05) is 28.9 Å². The van der Waals surface area contributed by atoms with E-state index in [0.717, 1.165) is 12.1 Å². The second kappa shape index (κ2) is 8.76. The van der Waals surface area contributed by atoms with Gasteiger partial charge in [0, 0.05) is 32.2 Å². The minimum absolute atomic E-state index is 0.0530. The van der Waals surface area contributed by atoms with Crippen molar-refractivity contribution in [3.8, 4) is 11.5 Å². The number of piperazine rings is 1. The zero-order valence-corrected chi connectivity index (χ0v) is 16.6. The molecule has 0 bridgehead atoms. The molecule has 1 aromatic heterocycles. The lowest BCUT2D eigenvalue weighted by atomic mass is 10.2. The van der Waals surface area contributed by atoms with Crippen LogP contribution in [0, 0.1) is 11.6 Å². The molecule has 0 atom stereocenters. The number of nitrogens with zero attached hydrogens (tertiary/aromatic N) is 4. The first-order valence-electron chi connectivity index (χ1n) is 9.30. The molecule has 0 aliphatic carbocycles. The number of hydrogen-bond donors (Lipinski definition) is 1. The molecule has 0 spiro atoms. The molecule has 10 heteroatoms. The van der Waals surface area contributed by atoms with Gasteiger partial charge in [-0.15, -0.1) is 0 Å². The number of urea groups is 1. The molecule has 156 valence electrons. The molecule has 2 amide bonds. The predicted molar refractivity (Wildman–Crippen MR) is 107 cm³/mol. The van der Waals surface area contributed by atoms with Gasteiger partial charge in [0.2, 0.25) is 0 Å². The highest BCUT2D eigenvalue weighted by atomic mass is 35.5. The molecular weight excluding hydrogens is 416 g/mol. The smallest absolute Gasteiger partial charge is 0.322 e. The summed E-state index contributed by atoms with van der Waals surface area (Å²) in [6, 6.07) is 9.82. The Hall–Kier alpha value is -3.04. The zero-order valence-electron chi connectivity index (χ0n) is 15.8. The van der Waals surface area contributed by atoms with E-state index in [1.807, 2.05) is 12.1 Å². The van der Waals surface area contributed by atoms with E-state index >= 15 is 0 Å². The molecule has 1 aliphatic heterocycles. The fourth-order valence-corrected chi connectivity index (χ4v) is 3.37. The van der Waals surface area contributed by atoms with Crippen molar-refractivity contribution in [3.63, 3.8) is 0 Å². The molecule has 0 unspecified atom stereocenters. The minimum atomic E-state index is -0.812. The standard InChI is InChI=1S/C20H18ClF2N5O2/c21-15-4-2-1-3-14(15)19-25-18(26-30-19)12-27-7-9-28(10-8-27)20(29)24-17-6-5-13(22)11-16(17)23/h1-6,11H,7-10,12H2,(H,24,29). The third kappa shape index (κ3) is 4.58. The van der Waals surface area contributed by atoms with Crippen LogP contribution in [-0.4, -0.2) is 52.2 Å². The van der Waals surface area contributed by atoms with Crippen LogP contribution in [0.3, 0.4) is 0 Å². The van der Waals surface area contributed by atoms with Gasteiger partial charge in [0.15, 0.2) is 5.82 Å². The summed E-state index contributed by atoms with van der Waals surface area (Å²) in [6.07, 6.45) is 0. The van der Waals surface area contributed by atoms with Crippen LogP contribution in [0.1, 0.15) is 5.82 Å². The van der Waals surface area contributed by atoms with E-state index in [2.05, 4.69) is 20.4 Å². The monoisotopic (exact) mass is 433 g/mol. The average Bonchev–Trinajstić information content (AvgIpc) is 3.19. The average molecular weight is 434 g/mol. The molecule has 1 aliphatic rings. The molecule has 7 nitrogen and oxygen atoms in total. The number of hydrogen-bond acceptors (Lipinski definition) is 5. The van der Waals surface area contributed by atoms with Crippen LogP contribution in [0.2, 0.25) is 5.02 Å². The van der Waals surface area contributed by atoms with Gasteiger partial charge >= 0.3 is 6.03 Å². The van der Waals surface area contributed by atoms with E-state index in [1.54, 1.807) is 17.0 Å². The lowest BCUT2D eigenvalue weighted by Crippen LogP contribution is -2.49. The maximum atomic E-state index is 13.7. The van der Waals surface area contributed by atoms with E-state index in [-0.39, 0.29) is 5.69 Å². The number of halogens is 3. The highest BCUT2D eigenvalue weighted by Gasteiger charge is 2.23. The summed E-state index contributed by atoms with van der Waals surface area (Å²) in [5.74, 6) is -0.627. The molecule has 1 N–H and O–H groups in total. The highest BCUT2D eigenvalue weighted by molar-refractivity contribution is 6.33. The van der Waals surface area contributed by atoms with Gasteiger partial charge in [0.25, 0.3) is 5.89 Å². The van der Waals surface area contributed by atoms with Crippen LogP contribution < -0.4 is 5.32 Å². The predicted octanol–water partition coefficient (Wildman–Crippen LogP) is 4.02. The molecule has 2 heterocycles. The minimum Gasteiger partial charge on any atom is -0.334 e. The van der Waals surface area contributed by atoms with Gasteiger partial charge < -0.3 is 14.7 Å². The molecule has 0 saturated carbocycles. The number of anilines is 1. The Kier molecular flexibility index (Phi) is 5.91. The van der Waals surface area contributed by atoms with Crippen molar-refractivity contribution in [2.75, 3.05) is 31.5 Å². The van der Waals surface area contributed by atoms with E-state index in [0.29, 0.717) is 55.0 Å². The third-order valence-corrected chi connectivity index (χ3v) is 5.10. The fourth-order valence-electron chi connectivity index (χ4n) is 3.16. The summed E-state index contributed by atoms with van der Waals surface area (Å²) in [5, 5.41) is 7.01. The molecule has 4 rings (SSSR count). The first-order chi connectivity index (χ1) is 14.5. The zero-order chi connectivity index (χ0) is 21.1. The van der Waals surface area contributed by atoms with Gasteiger partial charge in [-0.2, -0.15) is 4.98 Å². The number of rotatable bonds is 4. The Balaban J connectivity index is 1.31. The molecule has 30 heavy (non-hydrogen) atoms. The number of carbonyl (C=O) groups excluding carboxylic acids is 1. The Bertz CT molecular complexity index is 1050. The molecule has 3 aromatic rings. The van der Waals surface area contributed by atoms with Crippen molar-refractivity contribution in [1.29, 1.82) is 0 Å². The normalized spacial score (nSPS) is 14.7. The summed E-state index contributed by atoms with van der Waals surface area (Å²) < 4.78 is 32.0. The number of carbonyl (C=O) groups is 1. The van der Waals surface area contributed by atoms with E-state index in [1.165, 1.54) is 6.07 Å². The number of benzene rings is 2. The van der Waals surface area contributed by atoms with Crippen molar-refractivity contribution >= 4 is 23.3 Å². The molecule has 1 fully saturated rings. The van der Waals surface area contributed by atoms with Crippen molar-refractivity contribution in [1.82, 2.24) is 19.9 Å². The second-order valence-electron chi connectivity index (χ2n) is 6.81. The third-order valence-electron chi connectivity index (χ3n) is 4.77. The summed E-state index contributed by atoms with van der Waals surface area (Å²) in [7, 11) is 0. The van der Waals surface area contributed by atoms with E-state index < -0.39 is 17.7 Å². The highest BCUT2D eigenvalue weighted by Crippen LogP contribution is 2.26. The molecule has 0 radical (unpaired) electrons. The largest absolute Gasteiger partial charge is 0.334 e. The van der Waals surface area contributed by atoms with Crippen molar-refractivity contribution in [3.05, 3.63) is 64.9 Å². The van der Waals surface area contributed by atoms with Crippen LogP contribution in [0.4, 0.5) is 19.3 Å². The maximum Gasteiger partial charge on any atom is 0.322 e. The van der Waals surface area contributed by atoms with Gasteiger partial charge in [0.1, 0.15) is 11.6 Å². The lowest BCUT2D eigenvalue weighted by Gasteiger charge is -2.34. The first kappa shape index (κ1) is 20.2. The van der Waals surface area contributed by atoms with Gasteiger partial charge in [-0.3, -0.25) is 4.90 Å². The first-order valence-corrected chi connectivity index (χ1v) is 9.68. The summed E-state index contributed by atoms with van der Waals surface area (Å²) >= 11 is 6.16. The Morgan fingerprint density at radius 1 is 1.13 bits per heavy atom. The molecule has 2 aromatic carbocycles. The fraction of sp³-hybridized carbons (Fsp3) is 0.250. The lowest BCUT2D eigenvalue weighted by molar-refractivity contribution is 0.140. The number of nitrogens with one attached hydrogen (secondary N) is 1. The van der Waals surface area contributed by atoms with E-state index in [9.17, 15) is 13.6 Å². The van der Waals surface area contributed by atoms with Gasteiger partial charge in [0.05, 0.1) is 22.8 Å². The van der Waals surface area contributed by atoms with Crippen molar-refractivity contribution in [2.45, 2.75) is 6.54 Å². The number of aromatic nitrogens is 2. The van der Waals surface area contributed by atoms with Crippen molar-refractivity contribution < 1.29 is 18.1 Å². The Labute approximate surface area is 176 Å². The summed E-state index contributed by atoms with van der Waals surface area (Å²) in [6.45, 7) is 2.55. The topological polar surface area (TPSA) is 74.5 Å². The van der Waals surface area contributed by atoms with Crippen molar-refractivity contribution in [2.24, 2.45) is 0 Å². The van der Waals surface area contributed by atoms with E-state index in [4.69, 9.17) is 16.1 Å². The maximum absolute atomic E-state index is 13.7. The van der Waals surface area contributed by atoms with Crippen LogP contribution >= 0.6 is 11.6 Å². The van der Waals surface area contributed by atoms with Crippen LogP contribution in [0.5, 0.6) is 0 Å². The molecular formula is C20H18ClF2N5O2. The SMILES string of the molecule is O=C(Nc1ccc(F)cc1F)N1CCN(Cc2noc(-c3ccccc3Cl)n2)CC1. The quantitative estimate of drug-likeness (QED) is 0.672. The summed E-state index contributed by atoms with van der Waals surface area (Å²) in [5.41, 5.74) is 0.621. The molecule has 1 saturated heterocycles.